The minimum atomic E-state index is -0.587. The van der Waals surface area contributed by atoms with E-state index in [-0.39, 0.29) is 23.8 Å². The Morgan fingerprint density at radius 1 is 1.23 bits per heavy atom. The van der Waals surface area contributed by atoms with Crippen LogP contribution in [0.15, 0.2) is 29.9 Å². The first-order chi connectivity index (χ1) is 14.3. The van der Waals surface area contributed by atoms with Crippen LogP contribution >= 0.6 is 11.3 Å². The number of carbonyl (C=O) groups is 2. The Morgan fingerprint density at radius 3 is 2.83 bits per heavy atom. The zero-order chi connectivity index (χ0) is 21.0. The summed E-state index contributed by atoms with van der Waals surface area (Å²) >= 11 is 1.53. The van der Waals surface area contributed by atoms with Crippen LogP contribution in [-0.4, -0.2) is 34.4 Å². The highest BCUT2D eigenvalue weighted by atomic mass is 32.1. The minimum absolute atomic E-state index is 0.0241. The zero-order valence-corrected chi connectivity index (χ0v) is 17.8. The lowest BCUT2D eigenvalue weighted by Gasteiger charge is -2.20. The number of hydrogen-bond acceptors (Lipinski definition) is 6. The summed E-state index contributed by atoms with van der Waals surface area (Å²) in [5.41, 5.74) is 5.36. The minimum Gasteiger partial charge on any atom is -0.489 e. The summed E-state index contributed by atoms with van der Waals surface area (Å²) in [5.74, 6) is 0.923. The van der Waals surface area contributed by atoms with Gasteiger partial charge in [-0.15, -0.1) is 11.3 Å². The molecule has 0 aliphatic carbocycles. The maximum absolute atomic E-state index is 12.3. The molecular weight excluding hydrogens is 400 g/mol. The number of benzene rings is 1. The average molecular weight is 423 g/mol. The molecule has 30 heavy (non-hydrogen) atoms. The molecule has 154 valence electrons. The summed E-state index contributed by atoms with van der Waals surface area (Å²) in [7, 11) is 0. The van der Waals surface area contributed by atoms with Crippen LogP contribution in [0.25, 0.3) is 21.5 Å². The van der Waals surface area contributed by atoms with Gasteiger partial charge in [-0.2, -0.15) is 0 Å². The predicted molar refractivity (Wildman–Crippen MR) is 116 cm³/mol. The maximum atomic E-state index is 12.3. The van der Waals surface area contributed by atoms with Gasteiger partial charge in [-0.3, -0.25) is 14.6 Å². The molecule has 4 heterocycles. The number of anilines is 1. The second-order valence-corrected chi connectivity index (χ2v) is 9.32. The van der Waals surface area contributed by atoms with Crippen molar-refractivity contribution in [2.75, 3.05) is 11.9 Å². The van der Waals surface area contributed by atoms with Gasteiger partial charge in [0.2, 0.25) is 11.8 Å². The molecule has 0 saturated carbocycles. The largest absolute Gasteiger partial charge is 0.489 e. The molecule has 1 aromatic carbocycles. The van der Waals surface area contributed by atoms with Crippen molar-refractivity contribution in [3.8, 4) is 17.0 Å². The second-order valence-electron chi connectivity index (χ2n) is 8.46. The molecule has 0 bridgehead atoms. The van der Waals surface area contributed by atoms with E-state index in [1.165, 1.54) is 11.3 Å². The lowest BCUT2D eigenvalue weighted by atomic mass is 9.87. The highest BCUT2D eigenvalue weighted by Gasteiger charge is 2.38. The van der Waals surface area contributed by atoms with Crippen LogP contribution in [0.5, 0.6) is 5.75 Å². The van der Waals surface area contributed by atoms with Gasteiger partial charge >= 0.3 is 0 Å². The molecule has 2 N–H and O–H groups in total. The van der Waals surface area contributed by atoms with Crippen LogP contribution in [0, 0.1) is 5.92 Å². The van der Waals surface area contributed by atoms with Crippen molar-refractivity contribution >= 4 is 39.1 Å². The van der Waals surface area contributed by atoms with Gasteiger partial charge in [0.1, 0.15) is 11.9 Å². The number of nitrogens with zero attached hydrogens (tertiary/aromatic N) is 2. The Labute approximate surface area is 177 Å². The molecule has 2 atom stereocenters. The van der Waals surface area contributed by atoms with Gasteiger partial charge in [-0.25, -0.2) is 4.98 Å². The van der Waals surface area contributed by atoms with Crippen molar-refractivity contribution in [1.29, 1.82) is 0 Å². The smallest absolute Gasteiger partial charge is 0.234 e. The first-order valence-electron chi connectivity index (χ1n) is 9.96. The van der Waals surface area contributed by atoms with Gasteiger partial charge < -0.3 is 15.4 Å². The Kier molecular flexibility index (Phi) is 4.28. The van der Waals surface area contributed by atoms with Gasteiger partial charge in [0, 0.05) is 41.9 Å². The standard InChI is InChI=1S/C22H22N4O3S/c1-11(13-6-19(27)24-8-13)29-18-5-12(4-17-20(18)30-10-25-17)15-7-16-14(9-23-15)22(2,3)21(28)26-16/h4-5,7,9-11,13H,6,8H2,1-3H3,(H,24,27)(H,26,28)/t11-,13-/m1/s1. The lowest BCUT2D eigenvalue weighted by Crippen LogP contribution is -2.26. The Hall–Kier alpha value is -3.00. The number of carbonyl (C=O) groups excluding carboxylic acids is 2. The Morgan fingerprint density at radius 2 is 2.07 bits per heavy atom. The van der Waals surface area contributed by atoms with Crippen molar-refractivity contribution < 1.29 is 14.3 Å². The molecule has 2 aliphatic heterocycles. The molecule has 3 aromatic rings. The fraction of sp³-hybridized carbons (Fsp3) is 0.364. The first-order valence-corrected chi connectivity index (χ1v) is 10.8. The van der Waals surface area contributed by atoms with Crippen LogP contribution in [0.1, 0.15) is 32.8 Å². The Bertz CT molecular complexity index is 1190. The number of rotatable bonds is 4. The molecule has 2 amide bonds. The molecule has 0 radical (unpaired) electrons. The van der Waals surface area contributed by atoms with E-state index < -0.39 is 5.41 Å². The summed E-state index contributed by atoms with van der Waals surface area (Å²) in [4.78, 5) is 32.9. The summed E-state index contributed by atoms with van der Waals surface area (Å²) in [6.45, 7) is 6.42. The van der Waals surface area contributed by atoms with Gasteiger partial charge in [-0.1, -0.05) is 0 Å². The van der Waals surface area contributed by atoms with Crippen molar-refractivity contribution in [2.24, 2.45) is 5.92 Å². The number of pyridine rings is 1. The van der Waals surface area contributed by atoms with E-state index >= 15 is 0 Å². The number of amides is 2. The van der Waals surface area contributed by atoms with Crippen molar-refractivity contribution in [3.63, 3.8) is 0 Å². The summed E-state index contributed by atoms with van der Waals surface area (Å²) < 4.78 is 7.27. The molecule has 2 aliphatic rings. The topological polar surface area (TPSA) is 93.2 Å². The first kappa shape index (κ1) is 19.0. The molecule has 1 saturated heterocycles. The van der Waals surface area contributed by atoms with Crippen LogP contribution in [-0.2, 0) is 15.0 Å². The van der Waals surface area contributed by atoms with Gasteiger partial charge in [0.05, 0.1) is 26.8 Å². The molecule has 2 aromatic heterocycles. The number of ether oxygens (including phenoxy) is 1. The molecule has 0 spiro atoms. The van der Waals surface area contributed by atoms with Gasteiger partial charge in [0.15, 0.2) is 0 Å². The van der Waals surface area contributed by atoms with E-state index in [1.54, 1.807) is 11.7 Å². The molecule has 0 unspecified atom stereocenters. The van der Waals surface area contributed by atoms with E-state index in [0.717, 1.165) is 38.5 Å². The normalized spacial score (nSPS) is 20.7. The Balaban J connectivity index is 1.51. The van der Waals surface area contributed by atoms with E-state index in [0.29, 0.717) is 13.0 Å². The quantitative estimate of drug-likeness (QED) is 0.671. The predicted octanol–water partition coefficient (Wildman–Crippen LogP) is 3.49. The number of aromatic nitrogens is 2. The van der Waals surface area contributed by atoms with Crippen molar-refractivity contribution in [1.82, 2.24) is 15.3 Å². The van der Waals surface area contributed by atoms with Gasteiger partial charge in [-0.05, 0) is 39.0 Å². The van der Waals surface area contributed by atoms with Crippen LogP contribution in [0.4, 0.5) is 5.69 Å². The number of thiazole rings is 1. The average Bonchev–Trinajstić information content (AvgIpc) is 3.40. The van der Waals surface area contributed by atoms with Crippen LogP contribution < -0.4 is 15.4 Å². The van der Waals surface area contributed by atoms with Gasteiger partial charge in [0.25, 0.3) is 0 Å². The third-order valence-electron chi connectivity index (χ3n) is 6.07. The van der Waals surface area contributed by atoms with Crippen LogP contribution in [0.2, 0.25) is 0 Å². The van der Waals surface area contributed by atoms with Crippen molar-refractivity contribution in [3.05, 3.63) is 35.5 Å². The fourth-order valence-electron chi connectivity index (χ4n) is 4.04. The fourth-order valence-corrected chi connectivity index (χ4v) is 4.77. The van der Waals surface area contributed by atoms with Crippen LogP contribution in [0.3, 0.4) is 0 Å². The lowest BCUT2D eigenvalue weighted by molar-refractivity contribution is -0.120. The molecule has 1 fully saturated rings. The summed E-state index contributed by atoms with van der Waals surface area (Å²) in [6.07, 6.45) is 2.14. The third-order valence-corrected chi connectivity index (χ3v) is 6.93. The van der Waals surface area contributed by atoms with E-state index in [4.69, 9.17) is 4.74 Å². The third kappa shape index (κ3) is 3.02. The zero-order valence-electron chi connectivity index (χ0n) is 17.0. The highest BCUT2D eigenvalue weighted by Crippen LogP contribution is 2.40. The van der Waals surface area contributed by atoms with E-state index in [9.17, 15) is 9.59 Å². The molecule has 7 nitrogen and oxygen atoms in total. The molecular formula is C22H22N4O3S. The summed E-state index contributed by atoms with van der Waals surface area (Å²) in [6, 6.07) is 5.86. The van der Waals surface area contributed by atoms with E-state index in [2.05, 4.69) is 20.6 Å². The van der Waals surface area contributed by atoms with Crippen molar-refractivity contribution in [2.45, 2.75) is 38.7 Å². The number of nitrogens with one attached hydrogen (secondary N) is 2. The summed E-state index contributed by atoms with van der Waals surface area (Å²) in [5, 5.41) is 5.82. The second kappa shape index (κ2) is 6.77. The number of fused-ring (bicyclic) bond motifs is 2. The monoisotopic (exact) mass is 422 g/mol. The van der Waals surface area contributed by atoms with E-state index in [1.807, 2.05) is 39.0 Å². The maximum Gasteiger partial charge on any atom is 0.234 e. The molecule has 8 heteroatoms. The molecule has 5 rings (SSSR count). The highest BCUT2D eigenvalue weighted by molar-refractivity contribution is 7.17. The number of hydrogen-bond donors (Lipinski definition) is 2. The SMILES string of the molecule is C[C@@H](Oc1cc(-c2cc3c(cn2)C(C)(C)C(=O)N3)cc2ncsc12)[C@H]1CNC(=O)C1.